The summed E-state index contributed by atoms with van der Waals surface area (Å²) >= 11 is 1.59. The van der Waals surface area contributed by atoms with Crippen LogP contribution in [0.2, 0.25) is 0 Å². The Morgan fingerprint density at radius 3 is 3.21 bits per heavy atom. The molecule has 14 heavy (non-hydrogen) atoms. The van der Waals surface area contributed by atoms with Gasteiger partial charge in [-0.15, -0.1) is 11.3 Å². The third-order valence-corrected chi connectivity index (χ3v) is 3.52. The number of aromatic nitrogens is 1. The Kier molecular flexibility index (Phi) is 2.79. The molecule has 1 aliphatic heterocycles. The molecule has 2 atom stereocenters. The summed E-state index contributed by atoms with van der Waals surface area (Å²) in [6.45, 7) is 1.68. The first-order valence-electron chi connectivity index (χ1n) is 4.68. The third kappa shape index (κ3) is 1.78. The maximum Gasteiger partial charge on any atom is 0.221 e. The molecule has 0 radical (unpaired) electrons. The van der Waals surface area contributed by atoms with Gasteiger partial charge in [0, 0.05) is 30.0 Å². The molecule has 0 spiro atoms. The van der Waals surface area contributed by atoms with Crippen LogP contribution in [-0.4, -0.2) is 24.0 Å². The monoisotopic (exact) mass is 211 g/mol. The fourth-order valence-corrected chi connectivity index (χ4v) is 2.68. The number of hydrogen-bond donors (Lipinski definition) is 2. The predicted octanol–water partition coefficient (Wildman–Crippen LogP) is 0.321. The van der Waals surface area contributed by atoms with Crippen molar-refractivity contribution in [3.63, 3.8) is 0 Å². The van der Waals surface area contributed by atoms with E-state index in [-0.39, 0.29) is 17.7 Å². The lowest BCUT2D eigenvalue weighted by atomic mass is 9.86. The van der Waals surface area contributed by atoms with Crippen molar-refractivity contribution >= 4 is 17.2 Å². The second-order valence-electron chi connectivity index (χ2n) is 3.48. The number of nitrogens with two attached hydrogens (primary N) is 1. The molecule has 5 heteroatoms. The predicted molar refractivity (Wildman–Crippen MR) is 55.0 cm³/mol. The first kappa shape index (κ1) is 9.61. The Morgan fingerprint density at radius 1 is 1.71 bits per heavy atom. The average molecular weight is 211 g/mol. The molecule has 1 fully saturated rings. The molecule has 3 N–H and O–H groups in total. The molecule has 2 unspecified atom stereocenters. The third-order valence-electron chi connectivity index (χ3n) is 2.62. The normalized spacial score (nSPS) is 27.4. The molecular formula is C9H13N3OS. The van der Waals surface area contributed by atoms with Gasteiger partial charge in [-0.2, -0.15) is 0 Å². The summed E-state index contributed by atoms with van der Waals surface area (Å²) in [6, 6.07) is 0. The fraction of sp³-hybridized carbons (Fsp3) is 0.556. The number of carbonyl (C=O) groups is 1. The van der Waals surface area contributed by atoms with Crippen LogP contribution in [0.1, 0.15) is 17.3 Å². The highest BCUT2D eigenvalue weighted by Gasteiger charge is 2.31. The maximum atomic E-state index is 11.2. The molecule has 0 saturated carbocycles. The Balaban J connectivity index is 2.18. The van der Waals surface area contributed by atoms with Crippen molar-refractivity contribution in [2.24, 2.45) is 11.7 Å². The van der Waals surface area contributed by atoms with Crippen LogP contribution in [0.3, 0.4) is 0 Å². The molecule has 1 aliphatic rings. The summed E-state index contributed by atoms with van der Waals surface area (Å²) in [5.74, 6) is -0.0876. The van der Waals surface area contributed by atoms with Crippen molar-refractivity contribution in [3.8, 4) is 0 Å². The molecule has 2 heterocycles. The van der Waals surface area contributed by atoms with Gasteiger partial charge in [0.25, 0.3) is 0 Å². The molecule has 1 amide bonds. The molecule has 0 bridgehead atoms. The summed E-state index contributed by atoms with van der Waals surface area (Å²) in [6.07, 6.45) is 2.59. The summed E-state index contributed by atoms with van der Waals surface area (Å²) in [5.41, 5.74) is 5.37. The standard InChI is InChI=1S/C9H13N3OS/c10-8(13)6-1-2-11-5-7(6)9-12-3-4-14-9/h3-4,6-7,11H,1-2,5H2,(H2,10,13). The van der Waals surface area contributed by atoms with E-state index in [0.29, 0.717) is 0 Å². The zero-order chi connectivity index (χ0) is 9.97. The molecule has 0 aliphatic carbocycles. The number of amides is 1. The molecule has 2 rings (SSSR count). The molecular weight excluding hydrogens is 198 g/mol. The van der Waals surface area contributed by atoms with Gasteiger partial charge in [-0.25, -0.2) is 4.98 Å². The summed E-state index contributed by atoms with van der Waals surface area (Å²) < 4.78 is 0. The zero-order valence-electron chi connectivity index (χ0n) is 7.77. The topological polar surface area (TPSA) is 68.0 Å². The summed E-state index contributed by atoms with van der Waals surface area (Å²) in [7, 11) is 0. The van der Waals surface area contributed by atoms with Gasteiger partial charge in [-0.3, -0.25) is 4.79 Å². The van der Waals surface area contributed by atoms with Gasteiger partial charge in [0.1, 0.15) is 0 Å². The Morgan fingerprint density at radius 2 is 2.57 bits per heavy atom. The molecule has 1 saturated heterocycles. The van der Waals surface area contributed by atoms with E-state index in [9.17, 15) is 4.79 Å². The Hall–Kier alpha value is -0.940. The number of rotatable bonds is 2. The number of piperidine rings is 1. The first-order valence-corrected chi connectivity index (χ1v) is 5.56. The fourth-order valence-electron chi connectivity index (χ4n) is 1.88. The van der Waals surface area contributed by atoms with Crippen molar-refractivity contribution < 1.29 is 4.79 Å². The van der Waals surface area contributed by atoms with Gasteiger partial charge < -0.3 is 11.1 Å². The molecule has 1 aromatic heterocycles. The second kappa shape index (κ2) is 4.06. The first-order chi connectivity index (χ1) is 6.79. The largest absolute Gasteiger partial charge is 0.369 e. The van der Waals surface area contributed by atoms with E-state index in [2.05, 4.69) is 10.3 Å². The van der Waals surface area contributed by atoms with E-state index >= 15 is 0 Å². The Bertz CT molecular complexity index is 312. The number of primary amides is 1. The van der Waals surface area contributed by atoms with Crippen LogP contribution in [0.15, 0.2) is 11.6 Å². The van der Waals surface area contributed by atoms with Crippen molar-refractivity contribution in [2.45, 2.75) is 12.3 Å². The van der Waals surface area contributed by atoms with Crippen LogP contribution >= 0.6 is 11.3 Å². The molecule has 4 nitrogen and oxygen atoms in total. The van der Waals surface area contributed by atoms with E-state index in [1.165, 1.54) is 0 Å². The number of nitrogens with zero attached hydrogens (tertiary/aromatic N) is 1. The van der Waals surface area contributed by atoms with Crippen LogP contribution in [0.25, 0.3) is 0 Å². The number of thiazole rings is 1. The highest BCUT2D eigenvalue weighted by Crippen LogP contribution is 2.30. The number of carbonyl (C=O) groups excluding carboxylic acids is 1. The van der Waals surface area contributed by atoms with Gasteiger partial charge in [-0.05, 0) is 13.0 Å². The second-order valence-corrected chi connectivity index (χ2v) is 4.40. The van der Waals surface area contributed by atoms with Crippen LogP contribution in [0, 0.1) is 5.92 Å². The molecule has 0 aromatic carbocycles. The lowest BCUT2D eigenvalue weighted by Crippen LogP contribution is -2.41. The highest BCUT2D eigenvalue weighted by atomic mass is 32.1. The van der Waals surface area contributed by atoms with Gasteiger partial charge >= 0.3 is 0 Å². The maximum absolute atomic E-state index is 11.2. The van der Waals surface area contributed by atoms with Crippen molar-refractivity contribution in [1.82, 2.24) is 10.3 Å². The van der Waals surface area contributed by atoms with E-state index in [0.717, 1.165) is 24.5 Å². The van der Waals surface area contributed by atoms with Crippen molar-refractivity contribution in [1.29, 1.82) is 0 Å². The Labute approximate surface area is 86.5 Å². The lowest BCUT2D eigenvalue weighted by Gasteiger charge is -2.28. The summed E-state index contributed by atoms with van der Waals surface area (Å²) in [4.78, 5) is 15.5. The summed E-state index contributed by atoms with van der Waals surface area (Å²) in [5, 5.41) is 6.21. The van der Waals surface area contributed by atoms with Crippen molar-refractivity contribution in [2.75, 3.05) is 13.1 Å². The zero-order valence-corrected chi connectivity index (χ0v) is 8.59. The minimum absolute atomic E-state index is 0.0533. The van der Waals surface area contributed by atoms with Crippen LogP contribution in [0.4, 0.5) is 0 Å². The SMILES string of the molecule is NC(=O)C1CCNCC1c1nccs1. The highest BCUT2D eigenvalue weighted by molar-refractivity contribution is 7.09. The van der Waals surface area contributed by atoms with Crippen LogP contribution < -0.4 is 11.1 Å². The van der Waals surface area contributed by atoms with E-state index in [1.54, 1.807) is 17.5 Å². The smallest absolute Gasteiger partial charge is 0.221 e. The molecule has 1 aromatic rings. The average Bonchev–Trinajstić information content (AvgIpc) is 2.70. The molecule has 76 valence electrons. The number of nitrogens with one attached hydrogen (secondary N) is 1. The van der Waals surface area contributed by atoms with Gasteiger partial charge in [0.2, 0.25) is 5.91 Å². The van der Waals surface area contributed by atoms with E-state index in [4.69, 9.17) is 5.73 Å². The van der Waals surface area contributed by atoms with E-state index < -0.39 is 0 Å². The lowest BCUT2D eigenvalue weighted by molar-refractivity contribution is -0.123. The van der Waals surface area contributed by atoms with Gasteiger partial charge in [-0.1, -0.05) is 0 Å². The van der Waals surface area contributed by atoms with E-state index in [1.807, 2.05) is 5.38 Å². The quantitative estimate of drug-likeness (QED) is 0.740. The van der Waals surface area contributed by atoms with Gasteiger partial charge in [0.05, 0.1) is 5.01 Å². The minimum atomic E-state index is -0.202. The van der Waals surface area contributed by atoms with Crippen LogP contribution in [0.5, 0.6) is 0 Å². The van der Waals surface area contributed by atoms with Gasteiger partial charge in [0.15, 0.2) is 0 Å². The van der Waals surface area contributed by atoms with Crippen LogP contribution in [-0.2, 0) is 4.79 Å². The minimum Gasteiger partial charge on any atom is -0.369 e. The van der Waals surface area contributed by atoms with Crippen molar-refractivity contribution in [3.05, 3.63) is 16.6 Å². The number of hydrogen-bond acceptors (Lipinski definition) is 4.